The van der Waals surface area contributed by atoms with Gasteiger partial charge in [0, 0.05) is 23.8 Å². The molecule has 2 aliphatic heterocycles. The number of amides is 1. The number of hydrazone groups is 1. The van der Waals surface area contributed by atoms with Gasteiger partial charge < -0.3 is 9.64 Å². The number of allylic oxidation sites excluding steroid dienone is 3. The summed E-state index contributed by atoms with van der Waals surface area (Å²) in [5, 5.41) is 5.93. The van der Waals surface area contributed by atoms with Gasteiger partial charge in [-0.05, 0) is 61.9 Å². The van der Waals surface area contributed by atoms with Gasteiger partial charge >= 0.3 is 0 Å². The van der Waals surface area contributed by atoms with E-state index < -0.39 is 0 Å². The normalized spacial score (nSPS) is 20.2. The highest BCUT2D eigenvalue weighted by molar-refractivity contribution is 6.29. The Morgan fingerprint density at radius 3 is 2.53 bits per heavy atom. The lowest BCUT2D eigenvalue weighted by atomic mass is 9.83. The molecule has 0 aromatic heterocycles. The molecule has 0 atom stereocenters. The van der Waals surface area contributed by atoms with Crippen LogP contribution >= 0.6 is 0 Å². The molecular formula is C25H27N3O2. The van der Waals surface area contributed by atoms with Crippen LogP contribution in [-0.2, 0) is 10.2 Å². The highest BCUT2D eigenvalue weighted by Crippen LogP contribution is 2.48. The van der Waals surface area contributed by atoms with Crippen molar-refractivity contribution >= 4 is 23.0 Å². The van der Waals surface area contributed by atoms with E-state index in [1.54, 1.807) is 0 Å². The number of para-hydroxylation sites is 1. The lowest BCUT2D eigenvalue weighted by Crippen LogP contribution is -2.23. The molecule has 1 amide bonds. The fraction of sp³-hybridized carbons (Fsp3) is 0.280. The van der Waals surface area contributed by atoms with E-state index >= 15 is 0 Å². The summed E-state index contributed by atoms with van der Waals surface area (Å²) in [4.78, 5) is 15.2. The maximum atomic E-state index is 13.0. The molecule has 5 heteroatoms. The van der Waals surface area contributed by atoms with Crippen LogP contribution in [0.4, 0.5) is 11.4 Å². The number of carbonyl (C=O) groups excluding carboxylic acids is 1. The molecule has 0 aliphatic carbocycles. The number of likely N-dealkylation sites (N-methyl/N-ethyl adjacent to an activating group) is 1. The Kier molecular flexibility index (Phi) is 4.98. The van der Waals surface area contributed by atoms with Gasteiger partial charge in [-0.25, -0.2) is 0 Å². The van der Waals surface area contributed by atoms with Gasteiger partial charge in [0.1, 0.15) is 5.75 Å². The van der Waals surface area contributed by atoms with Gasteiger partial charge in [-0.1, -0.05) is 32.0 Å². The number of fused-ring (bicyclic) bond motifs is 1. The zero-order valence-electron chi connectivity index (χ0n) is 18.1. The van der Waals surface area contributed by atoms with Crippen LogP contribution in [0, 0.1) is 0 Å². The summed E-state index contributed by atoms with van der Waals surface area (Å²) in [5.41, 5.74) is 5.39. The number of benzene rings is 2. The fourth-order valence-corrected chi connectivity index (χ4v) is 4.19. The second-order valence-electron chi connectivity index (χ2n) is 8.07. The Balaban J connectivity index is 1.67. The van der Waals surface area contributed by atoms with Crippen molar-refractivity contribution in [2.24, 2.45) is 5.10 Å². The number of ether oxygens (including phenoxy) is 1. The summed E-state index contributed by atoms with van der Waals surface area (Å²) >= 11 is 0. The Morgan fingerprint density at radius 2 is 1.83 bits per heavy atom. The highest BCUT2D eigenvalue weighted by atomic mass is 16.5. The van der Waals surface area contributed by atoms with Crippen LogP contribution in [0.2, 0.25) is 0 Å². The van der Waals surface area contributed by atoms with Crippen molar-refractivity contribution in [2.45, 2.75) is 33.1 Å². The first-order chi connectivity index (χ1) is 14.3. The SMILES string of the molecule is CCOc1ccc2c(c1)C(C)(C)/C(=C\C=C1/C(=O)N(c3ccccc3)N=C1C)N2C. The summed E-state index contributed by atoms with van der Waals surface area (Å²) in [5.74, 6) is 0.773. The van der Waals surface area contributed by atoms with E-state index in [1.807, 2.05) is 62.4 Å². The topological polar surface area (TPSA) is 45.1 Å². The number of hydrogen-bond donors (Lipinski definition) is 0. The van der Waals surface area contributed by atoms with Crippen molar-refractivity contribution in [3.8, 4) is 5.75 Å². The van der Waals surface area contributed by atoms with Gasteiger partial charge in [-0.3, -0.25) is 4.79 Å². The Hall–Kier alpha value is -3.34. The zero-order valence-corrected chi connectivity index (χ0v) is 18.1. The van der Waals surface area contributed by atoms with Crippen LogP contribution in [0.1, 0.15) is 33.3 Å². The second-order valence-corrected chi connectivity index (χ2v) is 8.07. The molecule has 4 rings (SSSR count). The largest absolute Gasteiger partial charge is 0.494 e. The molecule has 2 heterocycles. The van der Waals surface area contributed by atoms with Crippen molar-refractivity contribution in [3.63, 3.8) is 0 Å². The Bertz CT molecular complexity index is 1080. The van der Waals surface area contributed by atoms with Crippen LogP contribution < -0.4 is 14.6 Å². The molecule has 30 heavy (non-hydrogen) atoms. The van der Waals surface area contributed by atoms with Gasteiger partial charge in [-0.2, -0.15) is 10.1 Å². The molecule has 0 saturated heterocycles. The van der Waals surface area contributed by atoms with Crippen LogP contribution in [-0.4, -0.2) is 25.3 Å². The summed E-state index contributed by atoms with van der Waals surface area (Å²) in [6, 6.07) is 15.7. The monoisotopic (exact) mass is 401 g/mol. The van der Waals surface area contributed by atoms with Crippen LogP contribution in [0.3, 0.4) is 0 Å². The third-order valence-electron chi connectivity index (χ3n) is 5.79. The minimum absolute atomic E-state index is 0.106. The first kappa shape index (κ1) is 20.0. The van der Waals surface area contributed by atoms with Gasteiger partial charge in [-0.15, -0.1) is 0 Å². The fourth-order valence-electron chi connectivity index (χ4n) is 4.19. The first-order valence-electron chi connectivity index (χ1n) is 10.2. The zero-order chi connectivity index (χ0) is 21.5. The molecule has 2 aliphatic rings. The molecule has 2 aromatic carbocycles. The summed E-state index contributed by atoms with van der Waals surface area (Å²) < 4.78 is 5.70. The highest BCUT2D eigenvalue weighted by Gasteiger charge is 2.38. The van der Waals surface area contributed by atoms with Crippen molar-refractivity contribution in [3.05, 3.63) is 77.5 Å². The summed E-state index contributed by atoms with van der Waals surface area (Å²) in [6.07, 6.45) is 3.94. The van der Waals surface area contributed by atoms with E-state index in [9.17, 15) is 4.79 Å². The standard InChI is InChI=1S/C25H27N3O2/c1-6-30-19-12-14-22-21(16-19)25(3,4)23(27(22)5)15-13-20-17(2)26-28(24(20)29)18-10-8-7-9-11-18/h7-16H,6H2,1-5H3/b20-13-,23-15+. The quantitative estimate of drug-likeness (QED) is 0.674. The second kappa shape index (κ2) is 7.48. The Labute approximate surface area is 178 Å². The number of carbonyl (C=O) groups is 1. The third-order valence-corrected chi connectivity index (χ3v) is 5.79. The molecule has 5 nitrogen and oxygen atoms in total. The number of anilines is 2. The van der Waals surface area contributed by atoms with Crippen LogP contribution in [0.5, 0.6) is 5.75 Å². The van der Waals surface area contributed by atoms with Crippen molar-refractivity contribution in [1.29, 1.82) is 0 Å². The molecule has 0 unspecified atom stereocenters. The smallest absolute Gasteiger partial charge is 0.280 e. The van der Waals surface area contributed by atoms with Crippen molar-refractivity contribution in [2.75, 3.05) is 23.6 Å². The molecule has 0 bridgehead atoms. The van der Waals surface area contributed by atoms with E-state index in [2.05, 4.69) is 43.0 Å². The molecule has 2 aromatic rings. The predicted octanol–water partition coefficient (Wildman–Crippen LogP) is 5.05. The molecule has 0 fully saturated rings. The van der Waals surface area contributed by atoms with E-state index in [1.165, 1.54) is 10.6 Å². The average Bonchev–Trinajstić information content (AvgIpc) is 3.12. The van der Waals surface area contributed by atoms with E-state index in [0.29, 0.717) is 12.2 Å². The lowest BCUT2D eigenvalue weighted by molar-refractivity contribution is -0.114. The molecule has 0 spiro atoms. The maximum Gasteiger partial charge on any atom is 0.280 e. The summed E-state index contributed by atoms with van der Waals surface area (Å²) in [7, 11) is 2.06. The molecule has 0 N–H and O–H groups in total. The van der Waals surface area contributed by atoms with E-state index in [0.717, 1.165) is 28.5 Å². The number of hydrogen-bond acceptors (Lipinski definition) is 4. The van der Waals surface area contributed by atoms with Gasteiger partial charge in [0.2, 0.25) is 0 Å². The molecular weight excluding hydrogens is 374 g/mol. The van der Waals surface area contributed by atoms with Crippen LogP contribution in [0.25, 0.3) is 0 Å². The molecule has 0 radical (unpaired) electrons. The Morgan fingerprint density at radius 1 is 1.10 bits per heavy atom. The van der Waals surface area contributed by atoms with Gasteiger partial charge in [0.25, 0.3) is 5.91 Å². The minimum Gasteiger partial charge on any atom is -0.494 e. The number of nitrogens with zero attached hydrogens (tertiary/aromatic N) is 3. The minimum atomic E-state index is -0.208. The number of rotatable bonds is 4. The van der Waals surface area contributed by atoms with E-state index in [-0.39, 0.29) is 11.3 Å². The molecule has 0 saturated carbocycles. The van der Waals surface area contributed by atoms with Crippen LogP contribution in [0.15, 0.2) is 77.1 Å². The maximum absolute atomic E-state index is 13.0. The van der Waals surface area contributed by atoms with Gasteiger partial charge in [0.15, 0.2) is 0 Å². The van der Waals surface area contributed by atoms with Crippen molar-refractivity contribution in [1.82, 2.24) is 0 Å². The predicted molar refractivity (Wildman–Crippen MR) is 122 cm³/mol. The summed E-state index contributed by atoms with van der Waals surface area (Å²) in [6.45, 7) is 8.90. The average molecular weight is 402 g/mol. The third kappa shape index (κ3) is 3.20. The van der Waals surface area contributed by atoms with Gasteiger partial charge in [0.05, 0.1) is 23.6 Å². The first-order valence-corrected chi connectivity index (χ1v) is 10.2. The van der Waals surface area contributed by atoms with Crippen molar-refractivity contribution < 1.29 is 9.53 Å². The molecule has 154 valence electrons. The van der Waals surface area contributed by atoms with E-state index in [4.69, 9.17) is 4.74 Å². The lowest BCUT2D eigenvalue weighted by Gasteiger charge is -2.23.